The molecule has 0 unspecified atom stereocenters. The Morgan fingerprint density at radius 3 is 1.12 bits per heavy atom. The van der Waals surface area contributed by atoms with Gasteiger partial charge in [-0.05, 0) is 71.8 Å². The molecule has 0 aliphatic rings. The van der Waals surface area contributed by atoms with Crippen molar-refractivity contribution >= 4 is 33.7 Å². The van der Waals surface area contributed by atoms with Gasteiger partial charge in [0.05, 0.1) is 33.5 Å². The number of pyridine rings is 2. The fraction of sp³-hybridized carbons (Fsp3) is 0. The van der Waals surface area contributed by atoms with Gasteiger partial charge in [0.1, 0.15) is 11.5 Å². The van der Waals surface area contributed by atoms with Crippen LogP contribution in [0.1, 0.15) is 20.7 Å². The van der Waals surface area contributed by atoms with Crippen LogP contribution < -0.4 is 9.47 Å². The van der Waals surface area contributed by atoms with E-state index in [2.05, 4.69) is 0 Å². The van der Waals surface area contributed by atoms with Crippen LogP contribution in [-0.2, 0) is 0 Å². The van der Waals surface area contributed by atoms with Crippen molar-refractivity contribution in [2.24, 2.45) is 0 Å². The van der Waals surface area contributed by atoms with E-state index in [1.807, 2.05) is 133 Å². The molecule has 0 bridgehead atoms. The highest BCUT2D eigenvalue weighted by molar-refractivity contribution is 6.08. The average molecular weight is 649 g/mol. The summed E-state index contributed by atoms with van der Waals surface area (Å²) in [5.41, 5.74) is 6.85. The van der Waals surface area contributed by atoms with E-state index in [1.54, 1.807) is 36.4 Å². The monoisotopic (exact) mass is 648 g/mol. The molecule has 0 spiro atoms. The number of carbonyl (C=O) groups excluding carboxylic acids is 2. The summed E-state index contributed by atoms with van der Waals surface area (Å²) in [4.78, 5) is 37.3. The van der Waals surface area contributed by atoms with E-state index in [0.717, 1.165) is 22.3 Å². The third-order valence-electron chi connectivity index (χ3n) is 8.44. The molecule has 0 saturated carbocycles. The molecule has 0 aliphatic carbocycles. The lowest BCUT2D eigenvalue weighted by atomic mass is 9.96. The molecule has 0 saturated heterocycles. The molecule has 0 aliphatic heterocycles. The third kappa shape index (κ3) is 6.21. The number of esters is 2. The Kier molecular flexibility index (Phi) is 8.09. The highest BCUT2D eigenvalue weighted by Gasteiger charge is 2.20. The van der Waals surface area contributed by atoms with Crippen LogP contribution in [0.4, 0.5) is 0 Å². The molecule has 6 aromatic carbocycles. The summed E-state index contributed by atoms with van der Waals surface area (Å²) >= 11 is 0. The summed E-state index contributed by atoms with van der Waals surface area (Å²) in [5.74, 6) is -0.0709. The van der Waals surface area contributed by atoms with Gasteiger partial charge >= 0.3 is 11.9 Å². The molecule has 6 heteroatoms. The molecule has 0 radical (unpaired) electrons. The summed E-state index contributed by atoms with van der Waals surface area (Å²) in [7, 11) is 0. The van der Waals surface area contributed by atoms with Crippen LogP contribution in [0.25, 0.3) is 55.4 Å². The predicted octanol–water partition coefficient (Wildman–Crippen LogP) is 10.2. The molecule has 50 heavy (non-hydrogen) atoms. The number of nitrogens with zero attached hydrogens (tertiary/aromatic N) is 2. The first kappa shape index (κ1) is 30.4. The number of benzene rings is 6. The molecule has 6 nitrogen and oxygen atoms in total. The van der Waals surface area contributed by atoms with E-state index in [-0.39, 0.29) is 0 Å². The molecular weight excluding hydrogens is 620 g/mol. The zero-order chi connectivity index (χ0) is 33.9. The number of fused-ring (bicyclic) bond motifs is 2. The largest absolute Gasteiger partial charge is 0.423 e. The Hall–Kier alpha value is -6.92. The van der Waals surface area contributed by atoms with Gasteiger partial charge in [-0.3, -0.25) is 0 Å². The zero-order valence-corrected chi connectivity index (χ0v) is 26.7. The van der Waals surface area contributed by atoms with Crippen molar-refractivity contribution in [1.29, 1.82) is 0 Å². The minimum Gasteiger partial charge on any atom is -0.423 e. The van der Waals surface area contributed by atoms with E-state index < -0.39 is 11.9 Å². The van der Waals surface area contributed by atoms with E-state index in [1.165, 1.54) is 0 Å². The molecule has 2 aromatic heterocycles. The molecule has 238 valence electrons. The van der Waals surface area contributed by atoms with Crippen molar-refractivity contribution in [3.63, 3.8) is 0 Å². The highest BCUT2D eigenvalue weighted by Crippen LogP contribution is 2.33. The van der Waals surface area contributed by atoms with Crippen LogP contribution in [-0.4, -0.2) is 21.9 Å². The number of hydrogen-bond donors (Lipinski definition) is 0. The third-order valence-corrected chi connectivity index (χ3v) is 8.44. The SMILES string of the molecule is O=C(Oc1ccccc1)c1cc(-c2ccccc2)nc2ccc(-c3ccc4nc(-c5ccccc5)cc(C(=O)Oc5ccccc5)c4c3)cc12. The van der Waals surface area contributed by atoms with Crippen LogP contribution >= 0.6 is 0 Å². The first-order chi connectivity index (χ1) is 24.6. The van der Waals surface area contributed by atoms with Crippen molar-refractivity contribution in [1.82, 2.24) is 9.97 Å². The maximum Gasteiger partial charge on any atom is 0.344 e. The first-order valence-electron chi connectivity index (χ1n) is 16.1. The zero-order valence-electron chi connectivity index (χ0n) is 26.7. The van der Waals surface area contributed by atoms with Crippen LogP contribution in [0.3, 0.4) is 0 Å². The van der Waals surface area contributed by atoms with Crippen molar-refractivity contribution in [3.05, 3.63) is 181 Å². The van der Waals surface area contributed by atoms with Crippen molar-refractivity contribution in [3.8, 4) is 45.1 Å². The second-order valence-corrected chi connectivity index (χ2v) is 11.7. The summed E-state index contributed by atoms with van der Waals surface area (Å²) < 4.78 is 11.6. The lowest BCUT2D eigenvalue weighted by molar-refractivity contribution is 0.0727. The van der Waals surface area contributed by atoms with Crippen molar-refractivity contribution < 1.29 is 19.1 Å². The summed E-state index contributed by atoms with van der Waals surface area (Å²) in [5, 5.41) is 1.29. The van der Waals surface area contributed by atoms with Crippen molar-refractivity contribution in [2.45, 2.75) is 0 Å². The number of rotatable bonds is 7. The Morgan fingerprint density at radius 1 is 0.380 bits per heavy atom. The Labute approximate surface area is 288 Å². The summed E-state index contributed by atoms with van der Waals surface area (Å²) in [6.07, 6.45) is 0. The molecule has 0 atom stereocenters. The minimum atomic E-state index is -0.486. The second kappa shape index (κ2) is 13.3. The topological polar surface area (TPSA) is 78.4 Å². The molecule has 0 amide bonds. The quantitative estimate of drug-likeness (QED) is 0.126. The maximum absolute atomic E-state index is 13.7. The van der Waals surface area contributed by atoms with Gasteiger partial charge in [0.25, 0.3) is 0 Å². The maximum atomic E-state index is 13.7. The Morgan fingerprint density at radius 2 is 0.740 bits per heavy atom. The van der Waals surface area contributed by atoms with Gasteiger partial charge in [0.15, 0.2) is 0 Å². The van der Waals surface area contributed by atoms with Gasteiger partial charge in [-0.2, -0.15) is 0 Å². The standard InChI is InChI=1S/C44H28N2O4/c47-43(49-33-17-9-3-10-18-33)37-27-41(29-13-5-1-6-14-29)45-39-23-21-31(25-35(37)39)32-22-24-40-36(26-32)38(44(48)50-34-19-11-4-12-20-34)28-42(46-40)30-15-7-2-8-16-30/h1-28H. The number of aromatic nitrogens is 2. The van der Waals surface area contributed by atoms with Gasteiger partial charge in [0.2, 0.25) is 0 Å². The van der Waals surface area contributed by atoms with Gasteiger partial charge in [-0.1, -0.05) is 109 Å². The van der Waals surface area contributed by atoms with E-state index >= 15 is 0 Å². The van der Waals surface area contributed by atoms with E-state index in [9.17, 15) is 9.59 Å². The highest BCUT2D eigenvalue weighted by atomic mass is 16.5. The first-order valence-corrected chi connectivity index (χ1v) is 16.1. The van der Waals surface area contributed by atoms with Crippen LogP contribution in [0.5, 0.6) is 11.5 Å². The lowest BCUT2D eigenvalue weighted by Crippen LogP contribution is -2.10. The Balaban J connectivity index is 1.26. The smallest absolute Gasteiger partial charge is 0.344 e. The fourth-order valence-electron chi connectivity index (χ4n) is 5.96. The van der Waals surface area contributed by atoms with Crippen LogP contribution in [0.15, 0.2) is 170 Å². The molecule has 8 aromatic rings. The lowest BCUT2D eigenvalue weighted by Gasteiger charge is -2.13. The number of carbonyl (C=O) groups is 2. The van der Waals surface area contributed by atoms with Gasteiger partial charge in [-0.25, -0.2) is 19.6 Å². The summed E-state index contributed by atoms with van der Waals surface area (Å²) in [6.45, 7) is 0. The normalized spacial score (nSPS) is 11.0. The van der Waals surface area contributed by atoms with Gasteiger partial charge in [-0.15, -0.1) is 0 Å². The molecule has 0 fully saturated rings. The summed E-state index contributed by atoms with van der Waals surface area (Å²) in [6, 6.07) is 52.7. The Bertz CT molecular complexity index is 2320. The molecule has 0 N–H and O–H groups in total. The fourth-order valence-corrected chi connectivity index (χ4v) is 5.96. The number of hydrogen-bond acceptors (Lipinski definition) is 6. The second-order valence-electron chi connectivity index (χ2n) is 11.7. The van der Waals surface area contributed by atoms with Crippen LogP contribution in [0, 0.1) is 0 Å². The van der Waals surface area contributed by atoms with Crippen molar-refractivity contribution in [2.75, 3.05) is 0 Å². The van der Waals surface area contributed by atoms with E-state index in [0.29, 0.717) is 55.8 Å². The minimum absolute atomic E-state index is 0.390. The molecular formula is C44H28N2O4. The predicted molar refractivity (Wildman–Crippen MR) is 196 cm³/mol. The van der Waals surface area contributed by atoms with Crippen LogP contribution in [0.2, 0.25) is 0 Å². The molecule has 2 heterocycles. The van der Waals surface area contributed by atoms with Gasteiger partial charge in [0, 0.05) is 21.9 Å². The molecule has 8 rings (SSSR count). The van der Waals surface area contributed by atoms with E-state index in [4.69, 9.17) is 19.4 Å². The number of para-hydroxylation sites is 2. The van der Waals surface area contributed by atoms with Gasteiger partial charge < -0.3 is 9.47 Å². The number of ether oxygens (including phenoxy) is 2. The average Bonchev–Trinajstić information content (AvgIpc) is 3.18.